The van der Waals surface area contributed by atoms with Crippen LogP contribution in [0.25, 0.3) is 0 Å². The van der Waals surface area contributed by atoms with Crippen LogP contribution in [0, 0.1) is 0 Å². The summed E-state index contributed by atoms with van der Waals surface area (Å²) in [6, 6.07) is 0.166. The van der Waals surface area contributed by atoms with E-state index in [1.807, 2.05) is 0 Å². The number of anilines is 1. The van der Waals surface area contributed by atoms with Crippen molar-refractivity contribution in [1.29, 1.82) is 0 Å². The smallest absolute Gasteiger partial charge is 0.379 e. The Kier molecular flexibility index (Phi) is 5.41. The van der Waals surface area contributed by atoms with Gasteiger partial charge < -0.3 is 15.4 Å². The van der Waals surface area contributed by atoms with Crippen molar-refractivity contribution in [3.05, 3.63) is 22.6 Å². The summed E-state index contributed by atoms with van der Waals surface area (Å²) in [5.74, 6) is -0.0175. The SMILES string of the molecule is C[C@@H]1COCCN1.O=c1ccnc2n1CCC(C(F)(F)F)N2. The first-order valence-electron chi connectivity index (χ1n) is 7.08. The van der Waals surface area contributed by atoms with E-state index in [1.165, 1.54) is 16.8 Å². The molecule has 6 nitrogen and oxygen atoms in total. The predicted molar refractivity (Wildman–Crippen MR) is 74.9 cm³/mol. The van der Waals surface area contributed by atoms with Crippen molar-refractivity contribution >= 4 is 5.95 Å². The molecular weight excluding hydrogens is 301 g/mol. The average Bonchev–Trinajstić information content (AvgIpc) is 2.48. The second kappa shape index (κ2) is 7.10. The molecule has 1 unspecified atom stereocenters. The summed E-state index contributed by atoms with van der Waals surface area (Å²) in [5.41, 5.74) is -0.340. The highest BCUT2D eigenvalue weighted by atomic mass is 19.4. The van der Waals surface area contributed by atoms with Gasteiger partial charge in [0.1, 0.15) is 6.04 Å². The van der Waals surface area contributed by atoms with Crippen molar-refractivity contribution in [2.75, 3.05) is 25.1 Å². The second-order valence-electron chi connectivity index (χ2n) is 5.22. The van der Waals surface area contributed by atoms with Crippen LogP contribution in [0.15, 0.2) is 17.1 Å². The van der Waals surface area contributed by atoms with Crippen LogP contribution in [0.1, 0.15) is 13.3 Å². The molecule has 1 saturated heterocycles. The number of alkyl halides is 3. The number of rotatable bonds is 0. The molecule has 0 aromatic carbocycles. The third-order valence-electron chi connectivity index (χ3n) is 3.38. The third kappa shape index (κ3) is 4.44. The highest BCUT2D eigenvalue weighted by Crippen LogP contribution is 2.27. The molecule has 1 fully saturated rings. The molecule has 9 heteroatoms. The number of halogens is 3. The van der Waals surface area contributed by atoms with Crippen LogP contribution >= 0.6 is 0 Å². The summed E-state index contributed by atoms with van der Waals surface area (Å²) in [6.07, 6.45) is -3.26. The number of hydrogen-bond acceptors (Lipinski definition) is 5. The second-order valence-corrected chi connectivity index (χ2v) is 5.22. The molecular formula is C13H19F3N4O2. The van der Waals surface area contributed by atoms with E-state index in [9.17, 15) is 18.0 Å². The summed E-state index contributed by atoms with van der Waals surface area (Å²) >= 11 is 0. The lowest BCUT2D eigenvalue weighted by Crippen LogP contribution is -2.43. The van der Waals surface area contributed by atoms with Crippen molar-refractivity contribution in [2.45, 2.75) is 38.1 Å². The zero-order valence-corrected chi connectivity index (χ0v) is 12.2. The van der Waals surface area contributed by atoms with Crippen LogP contribution in [0.3, 0.4) is 0 Å². The van der Waals surface area contributed by atoms with E-state index in [2.05, 4.69) is 22.5 Å². The number of aromatic nitrogens is 2. The summed E-state index contributed by atoms with van der Waals surface area (Å²) in [6.45, 7) is 4.93. The summed E-state index contributed by atoms with van der Waals surface area (Å²) in [7, 11) is 0. The molecule has 1 aromatic rings. The molecule has 2 atom stereocenters. The van der Waals surface area contributed by atoms with Gasteiger partial charge in [0.15, 0.2) is 0 Å². The molecule has 0 bridgehead atoms. The minimum atomic E-state index is -4.31. The van der Waals surface area contributed by atoms with Gasteiger partial charge in [0.05, 0.1) is 13.2 Å². The first-order chi connectivity index (χ1) is 10.4. The first kappa shape index (κ1) is 16.8. The van der Waals surface area contributed by atoms with Gasteiger partial charge in [-0.15, -0.1) is 0 Å². The molecule has 0 spiro atoms. The Morgan fingerprint density at radius 3 is 2.77 bits per heavy atom. The van der Waals surface area contributed by atoms with E-state index >= 15 is 0 Å². The van der Waals surface area contributed by atoms with E-state index in [0.29, 0.717) is 6.04 Å². The van der Waals surface area contributed by atoms with Crippen molar-refractivity contribution < 1.29 is 17.9 Å². The molecule has 2 aliphatic rings. The van der Waals surface area contributed by atoms with Gasteiger partial charge in [0, 0.05) is 31.4 Å². The maximum Gasteiger partial charge on any atom is 0.408 e. The maximum atomic E-state index is 12.4. The number of morpholine rings is 1. The topological polar surface area (TPSA) is 68.2 Å². The fraction of sp³-hybridized carbons (Fsp3) is 0.692. The normalized spacial score (nSPS) is 24.5. The van der Waals surface area contributed by atoms with E-state index in [-0.39, 0.29) is 24.5 Å². The number of fused-ring (bicyclic) bond motifs is 1. The average molecular weight is 320 g/mol. The Bertz CT molecular complexity index is 541. The lowest BCUT2D eigenvalue weighted by molar-refractivity contribution is -0.145. The molecule has 0 amide bonds. The van der Waals surface area contributed by atoms with Crippen LogP contribution in [0.4, 0.5) is 19.1 Å². The predicted octanol–water partition coefficient (Wildman–Crippen LogP) is 0.984. The molecule has 0 radical (unpaired) electrons. The van der Waals surface area contributed by atoms with Gasteiger partial charge in [-0.2, -0.15) is 13.2 Å². The number of ether oxygens (including phenoxy) is 1. The molecule has 3 rings (SSSR count). The van der Waals surface area contributed by atoms with Gasteiger partial charge in [0.25, 0.3) is 5.56 Å². The fourth-order valence-corrected chi connectivity index (χ4v) is 2.20. The van der Waals surface area contributed by atoms with Crippen molar-refractivity contribution in [3.8, 4) is 0 Å². The molecule has 124 valence electrons. The Morgan fingerprint density at radius 2 is 2.23 bits per heavy atom. The van der Waals surface area contributed by atoms with Gasteiger partial charge in [-0.25, -0.2) is 4.98 Å². The van der Waals surface area contributed by atoms with Gasteiger partial charge in [-0.05, 0) is 13.3 Å². The van der Waals surface area contributed by atoms with Gasteiger partial charge in [-0.1, -0.05) is 0 Å². The lowest BCUT2D eigenvalue weighted by atomic mass is 10.1. The fourth-order valence-electron chi connectivity index (χ4n) is 2.20. The first-order valence-corrected chi connectivity index (χ1v) is 7.08. The molecule has 0 aliphatic carbocycles. The van der Waals surface area contributed by atoms with Crippen molar-refractivity contribution in [2.24, 2.45) is 0 Å². The monoisotopic (exact) mass is 320 g/mol. The Balaban J connectivity index is 0.000000211. The van der Waals surface area contributed by atoms with Crippen molar-refractivity contribution in [3.63, 3.8) is 0 Å². The number of hydrogen-bond donors (Lipinski definition) is 2. The molecule has 2 aliphatic heterocycles. The van der Waals surface area contributed by atoms with E-state index in [1.54, 1.807) is 0 Å². The molecule has 0 saturated carbocycles. The van der Waals surface area contributed by atoms with E-state index in [0.717, 1.165) is 19.8 Å². The van der Waals surface area contributed by atoms with Crippen molar-refractivity contribution in [1.82, 2.24) is 14.9 Å². The minimum Gasteiger partial charge on any atom is -0.379 e. The molecule has 2 N–H and O–H groups in total. The summed E-state index contributed by atoms with van der Waals surface area (Å²) in [4.78, 5) is 14.9. The number of nitrogens with one attached hydrogen (secondary N) is 2. The minimum absolute atomic E-state index is 0.0175. The zero-order chi connectivity index (χ0) is 16.2. The van der Waals surface area contributed by atoms with Crippen LogP contribution in [-0.4, -0.2) is 47.6 Å². The summed E-state index contributed by atoms with van der Waals surface area (Å²) in [5, 5.41) is 5.46. The Labute approximate surface area is 125 Å². The van der Waals surface area contributed by atoms with Crippen LogP contribution < -0.4 is 16.2 Å². The Morgan fingerprint density at radius 1 is 1.45 bits per heavy atom. The molecule has 22 heavy (non-hydrogen) atoms. The zero-order valence-electron chi connectivity index (χ0n) is 12.2. The highest BCUT2D eigenvalue weighted by Gasteiger charge is 2.41. The van der Waals surface area contributed by atoms with E-state index in [4.69, 9.17) is 4.74 Å². The van der Waals surface area contributed by atoms with Crippen LogP contribution in [0.2, 0.25) is 0 Å². The standard InChI is InChI=1S/C8H8F3N3O.C5H11NO/c9-8(10,11)5-2-4-14-6(15)1-3-12-7(14)13-5;1-5-4-7-3-2-6-5/h1,3,5H,2,4H2,(H,12,13);5-6H,2-4H2,1H3/t;5-/m.1/s1. The largest absolute Gasteiger partial charge is 0.408 e. The molecule has 3 heterocycles. The quantitative estimate of drug-likeness (QED) is 0.746. The highest BCUT2D eigenvalue weighted by molar-refractivity contribution is 5.29. The Hall–Kier alpha value is -1.61. The summed E-state index contributed by atoms with van der Waals surface area (Å²) < 4.78 is 43.4. The van der Waals surface area contributed by atoms with Crippen LogP contribution in [0.5, 0.6) is 0 Å². The lowest BCUT2D eigenvalue weighted by Gasteiger charge is -2.28. The van der Waals surface area contributed by atoms with Gasteiger partial charge in [0.2, 0.25) is 5.95 Å². The number of nitrogens with zero attached hydrogens (tertiary/aromatic N) is 2. The van der Waals surface area contributed by atoms with Gasteiger partial charge in [-0.3, -0.25) is 9.36 Å². The van der Waals surface area contributed by atoms with Crippen LogP contribution in [-0.2, 0) is 11.3 Å². The van der Waals surface area contributed by atoms with Gasteiger partial charge >= 0.3 is 6.18 Å². The third-order valence-corrected chi connectivity index (χ3v) is 3.38. The maximum absolute atomic E-state index is 12.4. The van der Waals surface area contributed by atoms with E-state index < -0.39 is 12.2 Å². The molecule has 1 aromatic heterocycles.